The van der Waals surface area contributed by atoms with Crippen molar-refractivity contribution in [2.75, 3.05) is 0 Å². The zero-order chi connectivity index (χ0) is 16.7. The van der Waals surface area contributed by atoms with Crippen molar-refractivity contribution >= 4 is 18.3 Å². The van der Waals surface area contributed by atoms with E-state index in [1.165, 1.54) is 0 Å². The van der Waals surface area contributed by atoms with Crippen molar-refractivity contribution in [1.82, 2.24) is 9.88 Å². The molecule has 0 aliphatic rings. The van der Waals surface area contributed by atoms with Crippen molar-refractivity contribution in [1.29, 1.82) is 0 Å². The molecule has 2 aromatic rings. The molecule has 24 heavy (non-hydrogen) atoms. The quantitative estimate of drug-likeness (QED) is 0.803. The van der Waals surface area contributed by atoms with Crippen LogP contribution in [0.15, 0.2) is 53.5 Å². The van der Waals surface area contributed by atoms with Crippen LogP contribution in [-0.4, -0.2) is 16.5 Å². The number of nitrogens with two attached hydrogens (primary N) is 1. The van der Waals surface area contributed by atoms with Crippen LogP contribution in [-0.2, 0) is 17.9 Å². The van der Waals surface area contributed by atoms with E-state index in [0.29, 0.717) is 25.9 Å². The SMILES string of the molecule is CC(N)CCC(=O)NCc1ccc(Cn2ccccc2=O)cc1.Cl. The summed E-state index contributed by atoms with van der Waals surface area (Å²) in [4.78, 5) is 23.3. The van der Waals surface area contributed by atoms with Crippen LogP contribution in [0, 0.1) is 0 Å². The Kier molecular flexibility index (Phi) is 8.22. The second-order valence-corrected chi connectivity index (χ2v) is 5.78. The van der Waals surface area contributed by atoms with Gasteiger partial charge in [-0.2, -0.15) is 0 Å². The van der Waals surface area contributed by atoms with Crippen molar-refractivity contribution in [3.05, 3.63) is 70.1 Å². The maximum atomic E-state index is 11.7. The lowest BCUT2D eigenvalue weighted by Crippen LogP contribution is -2.25. The molecule has 2 rings (SSSR count). The highest BCUT2D eigenvalue weighted by Gasteiger charge is 2.04. The molecule has 0 aliphatic carbocycles. The predicted molar refractivity (Wildman–Crippen MR) is 98.2 cm³/mol. The van der Waals surface area contributed by atoms with E-state index in [2.05, 4.69) is 5.32 Å². The van der Waals surface area contributed by atoms with Crippen LogP contribution < -0.4 is 16.6 Å². The van der Waals surface area contributed by atoms with Gasteiger partial charge in [-0.25, -0.2) is 0 Å². The zero-order valence-electron chi connectivity index (χ0n) is 13.8. The summed E-state index contributed by atoms with van der Waals surface area (Å²) in [5.74, 6) is 0.0159. The van der Waals surface area contributed by atoms with E-state index >= 15 is 0 Å². The Morgan fingerprint density at radius 1 is 1.17 bits per heavy atom. The fraction of sp³-hybridized carbons (Fsp3) is 0.333. The summed E-state index contributed by atoms with van der Waals surface area (Å²) in [5.41, 5.74) is 7.70. The first-order chi connectivity index (χ1) is 11.0. The molecule has 0 saturated heterocycles. The number of carbonyl (C=O) groups is 1. The zero-order valence-corrected chi connectivity index (χ0v) is 14.6. The molecule has 0 bridgehead atoms. The van der Waals surface area contributed by atoms with E-state index in [4.69, 9.17) is 5.73 Å². The molecule has 1 atom stereocenters. The van der Waals surface area contributed by atoms with Gasteiger partial charge in [-0.1, -0.05) is 30.3 Å². The molecule has 1 aromatic carbocycles. The van der Waals surface area contributed by atoms with Crippen LogP contribution in [0.3, 0.4) is 0 Å². The molecule has 0 radical (unpaired) electrons. The van der Waals surface area contributed by atoms with Gasteiger partial charge in [0.15, 0.2) is 0 Å². The van der Waals surface area contributed by atoms with Crippen LogP contribution in [0.5, 0.6) is 0 Å². The lowest BCUT2D eigenvalue weighted by Gasteiger charge is -2.09. The minimum Gasteiger partial charge on any atom is -0.352 e. The molecule has 3 N–H and O–H groups in total. The minimum atomic E-state index is -0.0158. The Bertz CT molecular complexity index is 696. The first kappa shape index (κ1) is 19.9. The van der Waals surface area contributed by atoms with E-state index in [1.54, 1.807) is 22.9 Å². The summed E-state index contributed by atoms with van der Waals surface area (Å²) in [7, 11) is 0. The number of aromatic nitrogens is 1. The van der Waals surface area contributed by atoms with Gasteiger partial charge in [0.25, 0.3) is 5.56 Å². The normalized spacial score (nSPS) is 11.4. The lowest BCUT2D eigenvalue weighted by molar-refractivity contribution is -0.121. The van der Waals surface area contributed by atoms with Gasteiger partial charge in [-0.3, -0.25) is 9.59 Å². The van der Waals surface area contributed by atoms with E-state index < -0.39 is 0 Å². The predicted octanol–water partition coefficient (Wildman–Crippen LogP) is 2.06. The molecule has 1 unspecified atom stereocenters. The fourth-order valence-corrected chi connectivity index (χ4v) is 2.20. The molecule has 130 valence electrons. The lowest BCUT2D eigenvalue weighted by atomic mass is 10.1. The van der Waals surface area contributed by atoms with E-state index in [0.717, 1.165) is 11.1 Å². The number of hydrogen-bond acceptors (Lipinski definition) is 3. The highest BCUT2D eigenvalue weighted by Crippen LogP contribution is 2.06. The Hall–Kier alpha value is -2.11. The van der Waals surface area contributed by atoms with Crippen LogP contribution >= 0.6 is 12.4 Å². The molecule has 1 aromatic heterocycles. The molecule has 5 nitrogen and oxygen atoms in total. The average Bonchev–Trinajstić information content (AvgIpc) is 2.54. The number of nitrogens with zero attached hydrogens (tertiary/aromatic N) is 1. The van der Waals surface area contributed by atoms with Gasteiger partial charge in [0, 0.05) is 31.3 Å². The van der Waals surface area contributed by atoms with Gasteiger partial charge in [0.05, 0.1) is 6.54 Å². The Labute approximate surface area is 148 Å². The van der Waals surface area contributed by atoms with Crippen molar-refractivity contribution < 1.29 is 4.79 Å². The third kappa shape index (κ3) is 6.56. The minimum absolute atomic E-state index is 0. The summed E-state index contributed by atoms with van der Waals surface area (Å²) in [6.07, 6.45) is 2.91. The number of carbonyl (C=O) groups excluding carboxylic acids is 1. The summed E-state index contributed by atoms with van der Waals surface area (Å²) in [5, 5.41) is 2.88. The van der Waals surface area contributed by atoms with Crippen LogP contribution in [0.1, 0.15) is 30.9 Å². The standard InChI is InChI=1S/C18H23N3O2.ClH/c1-14(19)5-10-17(22)20-12-15-6-8-16(9-7-15)13-21-11-3-2-4-18(21)23;/h2-4,6-9,11,14H,5,10,12-13,19H2,1H3,(H,20,22);1H. The largest absolute Gasteiger partial charge is 0.352 e. The third-order valence-electron chi connectivity index (χ3n) is 3.59. The Morgan fingerprint density at radius 2 is 1.83 bits per heavy atom. The number of amides is 1. The van der Waals surface area contributed by atoms with E-state index in [9.17, 15) is 9.59 Å². The smallest absolute Gasteiger partial charge is 0.250 e. The van der Waals surface area contributed by atoms with E-state index in [-0.39, 0.29) is 29.9 Å². The maximum Gasteiger partial charge on any atom is 0.250 e. The molecule has 1 heterocycles. The van der Waals surface area contributed by atoms with Crippen molar-refractivity contribution in [2.45, 2.75) is 38.9 Å². The van der Waals surface area contributed by atoms with Gasteiger partial charge in [-0.15, -0.1) is 12.4 Å². The average molecular weight is 350 g/mol. The third-order valence-corrected chi connectivity index (χ3v) is 3.59. The number of rotatable bonds is 7. The topological polar surface area (TPSA) is 77.1 Å². The number of hydrogen-bond donors (Lipinski definition) is 2. The summed E-state index contributed by atoms with van der Waals surface area (Å²) >= 11 is 0. The molecule has 0 aliphatic heterocycles. The number of nitrogens with one attached hydrogen (secondary N) is 1. The highest BCUT2D eigenvalue weighted by atomic mass is 35.5. The van der Waals surface area contributed by atoms with Gasteiger partial charge < -0.3 is 15.6 Å². The molecular formula is C18H24ClN3O2. The maximum absolute atomic E-state index is 11.7. The molecule has 0 fully saturated rings. The van der Waals surface area contributed by atoms with Crippen molar-refractivity contribution in [3.63, 3.8) is 0 Å². The van der Waals surface area contributed by atoms with Crippen molar-refractivity contribution in [2.24, 2.45) is 5.73 Å². The number of halogens is 1. The second kappa shape index (κ2) is 9.90. The molecule has 1 amide bonds. The van der Waals surface area contributed by atoms with Crippen LogP contribution in [0.4, 0.5) is 0 Å². The second-order valence-electron chi connectivity index (χ2n) is 5.78. The molecular weight excluding hydrogens is 326 g/mol. The van der Waals surface area contributed by atoms with Gasteiger partial charge in [-0.05, 0) is 30.5 Å². The Balaban J connectivity index is 0.00000288. The summed E-state index contributed by atoms with van der Waals surface area (Å²) in [6, 6.07) is 13.0. The first-order valence-electron chi connectivity index (χ1n) is 7.80. The summed E-state index contributed by atoms with van der Waals surface area (Å²) in [6.45, 7) is 2.94. The van der Waals surface area contributed by atoms with Gasteiger partial charge >= 0.3 is 0 Å². The van der Waals surface area contributed by atoms with Crippen LogP contribution in [0.2, 0.25) is 0 Å². The molecule has 6 heteroatoms. The monoisotopic (exact) mass is 349 g/mol. The first-order valence-corrected chi connectivity index (χ1v) is 7.80. The van der Waals surface area contributed by atoms with Gasteiger partial charge in [0.2, 0.25) is 5.91 Å². The summed E-state index contributed by atoms with van der Waals surface area (Å²) < 4.78 is 1.66. The highest BCUT2D eigenvalue weighted by molar-refractivity contribution is 5.85. The van der Waals surface area contributed by atoms with E-state index in [1.807, 2.05) is 37.3 Å². The number of benzene rings is 1. The molecule has 0 saturated carbocycles. The van der Waals surface area contributed by atoms with Crippen LogP contribution in [0.25, 0.3) is 0 Å². The number of pyridine rings is 1. The fourth-order valence-electron chi connectivity index (χ4n) is 2.20. The Morgan fingerprint density at radius 3 is 2.46 bits per heavy atom. The van der Waals surface area contributed by atoms with Crippen molar-refractivity contribution in [3.8, 4) is 0 Å². The molecule has 0 spiro atoms. The van der Waals surface area contributed by atoms with Gasteiger partial charge in [0.1, 0.15) is 0 Å².